The molecule has 0 bridgehead atoms. The molecule has 0 unspecified atom stereocenters. The lowest BCUT2D eigenvalue weighted by Crippen LogP contribution is -2.54. The summed E-state index contributed by atoms with van der Waals surface area (Å²) in [7, 11) is 0. The third kappa shape index (κ3) is 5.70. The number of likely N-dealkylation sites (tertiary alicyclic amines) is 1. The molecule has 0 atom stereocenters. The first-order chi connectivity index (χ1) is 17.4. The molecule has 2 aliphatic heterocycles. The molecule has 2 saturated heterocycles. The molecule has 192 valence electrons. The molecule has 2 fully saturated rings. The summed E-state index contributed by atoms with van der Waals surface area (Å²) < 4.78 is 5.41. The minimum atomic E-state index is -0.747. The number of ether oxygens (including phenoxy) is 1. The van der Waals surface area contributed by atoms with E-state index in [0.717, 1.165) is 37.6 Å². The predicted octanol–water partition coefficient (Wildman–Crippen LogP) is 2.89. The van der Waals surface area contributed by atoms with Crippen molar-refractivity contribution in [2.75, 3.05) is 62.7 Å². The minimum Gasteiger partial charge on any atom is -0.378 e. The Labute approximate surface area is 213 Å². The summed E-state index contributed by atoms with van der Waals surface area (Å²) in [5, 5.41) is 2.94. The highest BCUT2D eigenvalue weighted by atomic mass is 16.5. The molecule has 2 aromatic rings. The standard InChI is InChI=1S/C28H36N4O4/c1-3-30(21-26(34)29-24-9-11-25(12-10-24)32-17-19-36-20-18-32)27(35)28(23-7-5-4-6-8-23)13-15-31(16-14-28)22(2)33/h4-12H,3,13-21H2,1-2H3,(H,29,34). The Kier molecular flexibility index (Phi) is 8.25. The van der Waals surface area contributed by atoms with E-state index in [1.54, 1.807) is 16.7 Å². The second-order valence-electron chi connectivity index (χ2n) is 9.47. The van der Waals surface area contributed by atoms with Crippen LogP contribution in [0.4, 0.5) is 11.4 Å². The molecule has 2 heterocycles. The topological polar surface area (TPSA) is 82.2 Å². The molecule has 36 heavy (non-hydrogen) atoms. The number of likely N-dealkylation sites (N-methyl/N-ethyl adjacent to an activating group) is 1. The van der Waals surface area contributed by atoms with Crippen LogP contribution in [0.15, 0.2) is 54.6 Å². The number of morpholine rings is 1. The molecule has 0 aliphatic carbocycles. The van der Waals surface area contributed by atoms with Crippen LogP contribution in [0, 0.1) is 0 Å². The first-order valence-corrected chi connectivity index (χ1v) is 12.8. The summed E-state index contributed by atoms with van der Waals surface area (Å²) in [5.74, 6) is -0.263. The van der Waals surface area contributed by atoms with Crippen LogP contribution in [0.5, 0.6) is 0 Å². The molecule has 0 radical (unpaired) electrons. The number of rotatable bonds is 7. The number of nitrogens with zero attached hydrogens (tertiary/aromatic N) is 3. The van der Waals surface area contributed by atoms with Gasteiger partial charge in [-0.1, -0.05) is 30.3 Å². The fourth-order valence-corrected chi connectivity index (χ4v) is 5.17. The largest absolute Gasteiger partial charge is 0.378 e. The van der Waals surface area contributed by atoms with E-state index < -0.39 is 5.41 Å². The molecule has 8 nitrogen and oxygen atoms in total. The highest BCUT2D eigenvalue weighted by Gasteiger charge is 2.45. The number of nitrogens with one attached hydrogen (secondary N) is 1. The van der Waals surface area contributed by atoms with Gasteiger partial charge in [0.1, 0.15) is 0 Å². The molecule has 0 spiro atoms. The lowest BCUT2D eigenvalue weighted by Gasteiger charge is -2.43. The maximum Gasteiger partial charge on any atom is 0.243 e. The fourth-order valence-electron chi connectivity index (χ4n) is 5.17. The van der Waals surface area contributed by atoms with Gasteiger partial charge in [0.05, 0.1) is 25.2 Å². The van der Waals surface area contributed by atoms with Crippen molar-refractivity contribution in [3.05, 3.63) is 60.2 Å². The Morgan fingerprint density at radius 2 is 1.58 bits per heavy atom. The molecule has 4 rings (SSSR count). The summed E-state index contributed by atoms with van der Waals surface area (Å²) >= 11 is 0. The van der Waals surface area contributed by atoms with Crippen LogP contribution < -0.4 is 10.2 Å². The number of hydrogen-bond acceptors (Lipinski definition) is 5. The Morgan fingerprint density at radius 3 is 2.17 bits per heavy atom. The minimum absolute atomic E-state index is 0.0223. The lowest BCUT2D eigenvalue weighted by molar-refractivity contribution is -0.143. The summed E-state index contributed by atoms with van der Waals surface area (Å²) in [6.07, 6.45) is 1.08. The van der Waals surface area contributed by atoms with Gasteiger partial charge in [-0.25, -0.2) is 0 Å². The van der Waals surface area contributed by atoms with Gasteiger partial charge in [-0.2, -0.15) is 0 Å². The van der Waals surface area contributed by atoms with Crippen LogP contribution in [-0.2, 0) is 24.5 Å². The van der Waals surface area contributed by atoms with E-state index in [4.69, 9.17) is 4.74 Å². The van der Waals surface area contributed by atoms with Gasteiger partial charge in [0.25, 0.3) is 0 Å². The third-order valence-electron chi connectivity index (χ3n) is 7.33. The van der Waals surface area contributed by atoms with Crippen molar-refractivity contribution in [1.29, 1.82) is 0 Å². The number of benzene rings is 2. The SMILES string of the molecule is CCN(CC(=O)Nc1ccc(N2CCOCC2)cc1)C(=O)C1(c2ccccc2)CCN(C(C)=O)CC1. The molecule has 0 aromatic heterocycles. The van der Waals surface area contributed by atoms with Crippen LogP contribution in [0.1, 0.15) is 32.3 Å². The van der Waals surface area contributed by atoms with Crippen molar-refractivity contribution < 1.29 is 19.1 Å². The van der Waals surface area contributed by atoms with E-state index in [1.807, 2.05) is 61.5 Å². The second-order valence-corrected chi connectivity index (χ2v) is 9.47. The number of piperidine rings is 1. The van der Waals surface area contributed by atoms with Gasteiger partial charge >= 0.3 is 0 Å². The summed E-state index contributed by atoms with van der Waals surface area (Å²) in [6.45, 7) is 8.05. The summed E-state index contributed by atoms with van der Waals surface area (Å²) in [4.78, 5) is 44.5. The van der Waals surface area contributed by atoms with E-state index in [0.29, 0.717) is 38.2 Å². The van der Waals surface area contributed by atoms with Crippen LogP contribution in [0.25, 0.3) is 0 Å². The zero-order chi connectivity index (χ0) is 25.5. The highest BCUT2D eigenvalue weighted by molar-refractivity contribution is 5.97. The number of carbonyl (C=O) groups is 3. The molecule has 1 N–H and O–H groups in total. The first kappa shape index (κ1) is 25.7. The van der Waals surface area contributed by atoms with E-state index in [-0.39, 0.29) is 24.3 Å². The summed E-state index contributed by atoms with van der Waals surface area (Å²) in [5.41, 5.74) is 2.00. The van der Waals surface area contributed by atoms with E-state index >= 15 is 0 Å². The number of hydrogen-bond donors (Lipinski definition) is 1. The Balaban J connectivity index is 1.44. The Hall–Kier alpha value is -3.39. The van der Waals surface area contributed by atoms with Gasteiger partial charge in [-0.15, -0.1) is 0 Å². The Bertz CT molecular complexity index is 1040. The van der Waals surface area contributed by atoms with Gasteiger partial charge in [0.15, 0.2) is 0 Å². The number of carbonyl (C=O) groups excluding carboxylic acids is 3. The van der Waals surface area contributed by atoms with Crippen molar-refractivity contribution in [2.45, 2.75) is 32.1 Å². The molecular weight excluding hydrogens is 456 g/mol. The van der Waals surface area contributed by atoms with Gasteiger partial charge in [-0.05, 0) is 49.6 Å². The average Bonchev–Trinajstić information content (AvgIpc) is 2.92. The fraction of sp³-hybridized carbons (Fsp3) is 0.464. The quantitative estimate of drug-likeness (QED) is 0.643. The van der Waals surface area contributed by atoms with E-state index in [1.165, 1.54) is 0 Å². The normalized spacial score (nSPS) is 17.4. The second kappa shape index (κ2) is 11.6. The van der Waals surface area contributed by atoms with Crippen LogP contribution in [-0.4, -0.2) is 80.0 Å². The predicted molar refractivity (Wildman–Crippen MR) is 140 cm³/mol. The molecule has 8 heteroatoms. The summed E-state index contributed by atoms with van der Waals surface area (Å²) in [6, 6.07) is 17.5. The maximum atomic E-state index is 14.0. The zero-order valence-electron chi connectivity index (χ0n) is 21.2. The van der Waals surface area contributed by atoms with Crippen LogP contribution >= 0.6 is 0 Å². The van der Waals surface area contributed by atoms with Gasteiger partial charge < -0.3 is 24.8 Å². The molecule has 3 amide bonds. The zero-order valence-corrected chi connectivity index (χ0v) is 21.2. The molecule has 2 aromatic carbocycles. The lowest BCUT2D eigenvalue weighted by atomic mass is 9.71. The highest BCUT2D eigenvalue weighted by Crippen LogP contribution is 2.37. The van der Waals surface area contributed by atoms with Gasteiger partial charge in [0.2, 0.25) is 17.7 Å². The van der Waals surface area contributed by atoms with Crippen LogP contribution in [0.2, 0.25) is 0 Å². The average molecular weight is 493 g/mol. The van der Waals surface area contributed by atoms with Crippen molar-refractivity contribution >= 4 is 29.1 Å². The van der Waals surface area contributed by atoms with Gasteiger partial charge in [-0.3, -0.25) is 14.4 Å². The molecule has 0 saturated carbocycles. The van der Waals surface area contributed by atoms with Gasteiger partial charge in [0, 0.05) is 51.0 Å². The monoisotopic (exact) mass is 492 g/mol. The van der Waals surface area contributed by atoms with Crippen molar-refractivity contribution in [3.8, 4) is 0 Å². The third-order valence-corrected chi connectivity index (χ3v) is 7.33. The Morgan fingerprint density at radius 1 is 0.944 bits per heavy atom. The smallest absolute Gasteiger partial charge is 0.243 e. The van der Waals surface area contributed by atoms with E-state index in [9.17, 15) is 14.4 Å². The number of anilines is 2. The van der Waals surface area contributed by atoms with E-state index in [2.05, 4.69) is 10.2 Å². The molecule has 2 aliphatic rings. The number of amides is 3. The maximum absolute atomic E-state index is 14.0. The van der Waals surface area contributed by atoms with Crippen molar-refractivity contribution in [1.82, 2.24) is 9.80 Å². The van der Waals surface area contributed by atoms with Crippen LogP contribution in [0.3, 0.4) is 0 Å². The van der Waals surface area contributed by atoms with Crippen molar-refractivity contribution in [2.24, 2.45) is 0 Å². The molecular formula is C28H36N4O4. The van der Waals surface area contributed by atoms with Crippen molar-refractivity contribution in [3.63, 3.8) is 0 Å². The first-order valence-electron chi connectivity index (χ1n) is 12.8.